The lowest BCUT2D eigenvalue weighted by Crippen LogP contribution is -2.00. The van der Waals surface area contributed by atoms with Crippen LogP contribution in [0.4, 0.5) is 0 Å². The zero-order valence-electron chi connectivity index (χ0n) is 26.7. The van der Waals surface area contributed by atoms with Gasteiger partial charge in [0.1, 0.15) is 0 Å². The number of rotatable bonds is 5. The minimum absolute atomic E-state index is 0.599. The Morgan fingerprint density at radius 3 is 1.46 bits per heavy atom. The first kappa shape index (κ1) is 29.1. The number of hydrogen-bond acceptors (Lipinski definition) is 6. The van der Waals surface area contributed by atoms with E-state index in [1.807, 2.05) is 109 Å². The van der Waals surface area contributed by atoms with E-state index in [9.17, 15) is 5.26 Å². The molecule has 0 radical (unpaired) electrons. The molecule has 0 unspecified atom stereocenters. The van der Waals surface area contributed by atoms with Gasteiger partial charge in [0.25, 0.3) is 0 Å². The molecule has 0 aliphatic rings. The van der Waals surface area contributed by atoms with E-state index in [-0.39, 0.29) is 0 Å². The van der Waals surface area contributed by atoms with Crippen molar-refractivity contribution in [2.24, 2.45) is 0 Å². The van der Waals surface area contributed by atoms with Crippen LogP contribution in [0.1, 0.15) is 5.56 Å². The SMILES string of the molecule is N#Cc1ccc(-c2nc3ccccc3nc2-c2cccc3cc4c(-c5nc(-c6ccccc6)nc(-c6ccccc6)n5)cccc4cc23)cc1. The lowest BCUT2D eigenvalue weighted by atomic mass is 9.94. The summed E-state index contributed by atoms with van der Waals surface area (Å²) in [6.07, 6.45) is 0. The number of para-hydroxylation sites is 2. The first-order valence-electron chi connectivity index (χ1n) is 16.3. The normalized spacial score (nSPS) is 11.2. The second-order valence-electron chi connectivity index (χ2n) is 12.0. The number of benzene rings is 7. The lowest BCUT2D eigenvalue weighted by Gasteiger charge is -2.14. The largest absolute Gasteiger partial charge is 0.244 e. The molecule has 0 aliphatic carbocycles. The summed E-state index contributed by atoms with van der Waals surface area (Å²) in [7, 11) is 0. The molecule has 0 saturated heterocycles. The smallest absolute Gasteiger partial charge is 0.164 e. The van der Waals surface area contributed by atoms with Crippen molar-refractivity contribution < 1.29 is 0 Å². The first-order valence-corrected chi connectivity index (χ1v) is 16.3. The van der Waals surface area contributed by atoms with Crippen molar-refractivity contribution in [3.05, 3.63) is 163 Å². The molecule has 2 heterocycles. The van der Waals surface area contributed by atoms with Crippen LogP contribution in [0.5, 0.6) is 0 Å². The molecule has 0 fully saturated rings. The van der Waals surface area contributed by atoms with Crippen molar-refractivity contribution in [2.45, 2.75) is 0 Å². The van der Waals surface area contributed by atoms with Gasteiger partial charge in [-0.05, 0) is 57.9 Å². The predicted molar refractivity (Wildman–Crippen MR) is 200 cm³/mol. The highest BCUT2D eigenvalue weighted by molar-refractivity contribution is 6.09. The summed E-state index contributed by atoms with van der Waals surface area (Å²) in [5.74, 6) is 1.86. The standard InChI is InChI=1S/C44H26N6/c45-27-28-21-23-29(24-22-28)40-41(47-39-20-8-7-19-38(39)46-40)34-17-9-15-32-26-37-33(25-36(32)34)16-10-18-35(37)44-49-42(30-11-3-1-4-12-30)48-43(50-44)31-13-5-2-6-14-31/h1-26H. The van der Waals surface area contributed by atoms with Crippen molar-refractivity contribution in [3.63, 3.8) is 0 Å². The fraction of sp³-hybridized carbons (Fsp3) is 0. The molecule has 0 atom stereocenters. The van der Waals surface area contributed by atoms with Gasteiger partial charge in [0.15, 0.2) is 17.5 Å². The highest BCUT2D eigenvalue weighted by Gasteiger charge is 2.18. The average molecular weight is 639 g/mol. The summed E-state index contributed by atoms with van der Waals surface area (Å²) in [5, 5.41) is 13.6. The van der Waals surface area contributed by atoms with Crippen molar-refractivity contribution >= 4 is 32.6 Å². The van der Waals surface area contributed by atoms with Gasteiger partial charge in [-0.2, -0.15) is 5.26 Å². The second-order valence-corrected chi connectivity index (χ2v) is 12.0. The minimum atomic E-state index is 0.599. The lowest BCUT2D eigenvalue weighted by molar-refractivity contribution is 1.08. The van der Waals surface area contributed by atoms with Gasteiger partial charge in [0.05, 0.1) is 34.1 Å². The Hall–Kier alpha value is -7.10. The molecule has 0 aliphatic heterocycles. The maximum Gasteiger partial charge on any atom is 0.164 e. The van der Waals surface area contributed by atoms with Crippen LogP contribution in [-0.4, -0.2) is 24.9 Å². The number of hydrogen-bond donors (Lipinski definition) is 0. The van der Waals surface area contributed by atoms with Crippen LogP contribution >= 0.6 is 0 Å². The molecular formula is C44H26N6. The van der Waals surface area contributed by atoms with E-state index in [0.717, 1.165) is 71.8 Å². The van der Waals surface area contributed by atoms with Gasteiger partial charge < -0.3 is 0 Å². The molecule has 9 aromatic rings. The fourth-order valence-electron chi connectivity index (χ4n) is 6.47. The monoisotopic (exact) mass is 638 g/mol. The molecule has 7 aromatic carbocycles. The molecule has 232 valence electrons. The first-order chi connectivity index (χ1) is 24.7. The van der Waals surface area contributed by atoms with E-state index >= 15 is 0 Å². The molecule has 0 saturated carbocycles. The van der Waals surface area contributed by atoms with E-state index in [0.29, 0.717) is 23.0 Å². The zero-order valence-corrected chi connectivity index (χ0v) is 26.7. The highest BCUT2D eigenvalue weighted by atomic mass is 15.0. The van der Waals surface area contributed by atoms with Gasteiger partial charge in [-0.15, -0.1) is 0 Å². The van der Waals surface area contributed by atoms with Gasteiger partial charge in [-0.25, -0.2) is 24.9 Å². The molecule has 0 bridgehead atoms. The van der Waals surface area contributed by atoms with Crippen molar-refractivity contribution in [1.82, 2.24) is 24.9 Å². The van der Waals surface area contributed by atoms with Crippen LogP contribution in [0, 0.1) is 11.3 Å². The molecule has 0 N–H and O–H groups in total. The van der Waals surface area contributed by atoms with Gasteiger partial charge in [0, 0.05) is 27.8 Å². The second kappa shape index (κ2) is 12.2. The topological polar surface area (TPSA) is 88.2 Å². The fourth-order valence-corrected chi connectivity index (χ4v) is 6.47. The van der Waals surface area contributed by atoms with Crippen LogP contribution in [0.3, 0.4) is 0 Å². The molecule has 2 aromatic heterocycles. The summed E-state index contributed by atoms with van der Waals surface area (Å²) >= 11 is 0. The Kier molecular flexibility index (Phi) is 7.07. The minimum Gasteiger partial charge on any atom is -0.244 e. The van der Waals surface area contributed by atoms with Gasteiger partial charge in [-0.3, -0.25) is 0 Å². The third kappa shape index (κ3) is 5.20. The Morgan fingerprint density at radius 2 is 0.880 bits per heavy atom. The summed E-state index contributed by atoms with van der Waals surface area (Å²) in [5.41, 5.74) is 8.44. The van der Waals surface area contributed by atoms with Crippen LogP contribution in [0.15, 0.2) is 158 Å². The highest BCUT2D eigenvalue weighted by Crippen LogP contribution is 2.39. The summed E-state index contributed by atoms with van der Waals surface area (Å²) in [6.45, 7) is 0. The molecule has 0 amide bonds. The van der Waals surface area contributed by atoms with E-state index < -0.39 is 0 Å². The molecule has 6 nitrogen and oxygen atoms in total. The number of nitrogens with zero attached hydrogens (tertiary/aromatic N) is 6. The number of aromatic nitrogens is 5. The van der Waals surface area contributed by atoms with Crippen LogP contribution in [0.2, 0.25) is 0 Å². The van der Waals surface area contributed by atoms with Crippen molar-refractivity contribution in [3.8, 4) is 62.7 Å². The van der Waals surface area contributed by atoms with E-state index in [4.69, 9.17) is 24.9 Å². The third-order valence-electron chi connectivity index (χ3n) is 8.93. The van der Waals surface area contributed by atoms with Crippen LogP contribution < -0.4 is 0 Å². The Balaban J connectivity index is 1.25. The summed E-state index contributed by atoms with van der Waals surface area (Å²) in [6, 6.07) is 54.7. The molecule has 9 rings (SSSR count). The van der Waals surface area contributed by atoms with Gasteiger partial charge in [-0.1, -0.05) is 121 Å². The number of fused-ring (bicyclic) bond motifs is 3. The van der Waals surface area contributed by atoms with Gasteiger partial charge >= 0.3 is 0 Å². The van der Waals surface area contributed by atoms with E-state index in [2.05, 4.69) is 54.6 Å². The molecule has 0 spiro atoms. The van der Waals surface area contributed by atoms with Crippen molar-refractivity contribution in [1.29, 1.82) is 5.26 Å². The van der Waals surface area contributed by atoms with Crippen molar-refractivity contribution in [2.75, 3.05) is 0 Å². The van der Waals surface area contributed by atoms with E-state index in [1.165, 1.54) is 0 Å². The zero-order chi connectivity index (χ0) is 33.4. The quantitative estimate of drug-likeness (QED) is 0.174. The van der Waals surface area contributed by atoms with Crippen LogP contribution in [-0.2, 0) is 0 Å². The Bertz CT molecular complexity index is 2700. The summed E-state index contributed by atoms with van der Waals surface area (Å²) < 4.78 is 0. The maximum atomic E-state index is 9.41. The predicted octanol–water partition coefficient (Wildman–Crippen LogP) is 10.3. The molecule has 50 heavy (non-hydrogen) atoms. The average Bonchev–Trinajstić information content (AvgIpc) is 3.19. The number of nitriles is 1. The Labute approximate surface area is 288 Å². The van der Waals surface area contributed by atoms with Crippen LogP contribution in [0.25, 0.3) is 89.3 Å². The molecule has 6 heteroatoms. The van der Waals surface area contributed by atoms with Gasteiger partial charge in [0.2, 0.25) is 0 Å². The van der Waals surface area contributed by atoms with E-state index in [1.54, 1.807) is 0 Å². The maximum absolute atomic E-state index is 9.41. The third-order valence-corrected chi connectivity index (χ3v) is 8.93. The summed E-state index contributed by atoms with van der Waals surface area (Å²) in [4.78, 5) is 25.2. The molecular weight excluding hydrogens is 613 g/mol. The Morgan fingerprint density at radius 1 is 0.380 bits per heavy atom.